The Labute approximate surface area is 160 Å². The SMILES string of the molecule is C[C@H](C(=O)Nc1ccc(S(N)(=O)=O)cc1)[NH+]1CC[NH+](C[C@H]2CCCO2)CC1. The molecule has 0 bridgehead atoms. The molecular formula is C18H30N4O4S+2. The molecular weight excluding hydrogens is 368 g/mol. The Kier molecular flexibility index (Phi) is 6.48. The zero-order valence-corrected chi connectivity index (χ0v) is 16.6. The smallest absolute Gasteiger partial charge is 0.282 e. The van der Waals surface area contributed by atoms with Gasteiger partial charge < -0.3 is 19.9 Å². The van der Waals surface area contributed by atoms with Crippen LogP contribution in [0.15, 0.2) is 29.2 Å². The van der Waals surface area contributed by atoms with Gasteiger partial charge in [0.1, 0.15) is 38.8 Å². The predicted octanol–water partition coefficient (Wildman–Crippen LogP) is -2.38. The number of nitrogens with two attached hydrogens (primary N) is 1. The van der Waals surface area contributed by atoms with E-state index in [0.717, 1.165) is 39.3 Å². The third-order valence-electron chi connectivity index (χ3n) is 5.60. The van der Waals surface area contributed by atoms with E-state index in [1.807, 2.05) is 6.92 Å². The van der Waals surface area contributed by atoms with Crippen LogP contribution in [0.25, 0.3) is 0 Å². The number of benzene rings is 1. The molecule has 0 spiro atoms. The van der Waals surface area contributed by atoms with Gasteiger partial charge in [-0.2, -0.15) is 0 Å². The van der Waals surface area contributed by atoms with Crippen molar-refractivity contribution in [2.45, 2.75) is 36.8 Å². The largest absolute Gasteiger partial charge is 0.372 e. The van der Waals surface area contributed by atoms with Gasteiger partial charge in [0.25, 0.3) is 5.91 Å². The van der Waals surface area contributed by atoms with Gasteiger partial charge in [-0.3, -0.25) is 4.79 Å². The number of carbonyl (C=O) groups is 1. The van der Waals surface area contributed by atoms with Crippen molar-refractivity contribution in [1.29, 1.82) is 0 Å². The molecule has 0 aromatic heterocycles. The van der Waals surface area contributed by atoms with Gasteiger partial charge in [0.2, 0.25) is 10.0 Å². The summed E-state index contributed by atoms with van der Waals surface area (Å²) in [4.78, 5) is 15.4. The number of piperazine rings is 1. The van der Waals surface area contributed by atoms with E-state index in [4.69, 9.17) is 9.88 Å². The van der Waals surface area contributed by atoms with Crippen LogP contribution >= 0.6 is 0 Å². The Morgan fingerprint density at radius 3 is 2.48 bits per heavy atom. The Morgan fingerprint density at radius 1 is 1.26 bits per heavy atom. The molecule has 150 valence electrons. The van der Waals surface area contributed by atoms with Crippen molar-refractivity contribution in [2.75, 3.05) is 44.6 Å². The number of anilines is 1. The molecule has 0 saturated carbocycles. The number of hydrogen-bond donors (Lipinski definition) is 4. The zero-order chi connectivity index (χ0) is 19.4. The fourth-order valence-electron chi connectivity index (χ4n) is 3.85. The number of hydrogen-bond acceptors (Lipinski definition) is 4. The van der Waals surface area contributed by atoms with Crippen LogP contribution < -0.4 is 20.3 Å². The first kappa shape index (κ1) is 20.2. The van der Waals surface area contributed by atoms with Crippen molar-refractivity contribution in [1.82, 2.24) is 0 Å². The standard InChI is InChI=1S/C18H28N4O4S/c1-14(18(23)20-15-4-6-17(7-5-15)27(19,24)25)22-10-8-21(9-11-22)13-16-3-2-12-26-16/h4-7,14,16H,2-3,8-13H2,1H3,(H,20,23)(H2,19,24,25)/p+2/t14-,16-/m1/s1. The summed E-state index contributed by atoms with van der Waals surface area (Å²) in [7, 11) is -3.72. The molecule has 2 saturated heterocycles. The van der Waals surface area contributed by atoms with Crippen LogP contribution in [0.2, 0.25) is 0 Å². The lowest BCUT2D eigenvalue weighted by atomic mass is 10.2. The second kappa shape index (κ2) is 8.66. The number of quaternary nitrogens is 2. The highest BCUT2D eigenvalue weighted by Gasteiger charge is 2.32. The Bertz CT molecular complexity index is 739. The van der Waals surface area contributed by atoms with E-state index in [1.165, 1.54) is 29.9 Å². The Balaban J connectivity index is 1.47. The van der Waals surface area contributed by atoms with Gasteiger partial charge in [0.05, 0.1) is 4.90 Å². The number of nitrogens with one attached hydrogen (secondary N) is 3. The van der Waals surface area contributed by atoms with Gasteiger partial charge in [-0.15, -0.1) is 0 Å². The maximum atomic E-state index is 12.6. The molecule has 3 rings (SSSR count). The minimum Gasteiger partial charge on any atom is -0.372 e. The van der Waals surface area contributed by atoms with Gasteiger partial charge in [-0.05, 0) is 44.0 Å². The first-order valence-electron chi connectivity index (χ1n) is 9.56. The maximum absolute atomic E-state index is 12.6. The first-order chi connectivity index (χ1) is 12.8. The number of sulfonamides is 1. The summed E-state index contributed by atoms with van der Waals surface area (Å²) in [6, 6.07) is 5.75. The summed E-state index contributed by atoms with van der Waals surface area (Å²) in [5.41, 5.74) is 0.571. The van der Waals surface area contributed by atoms with E-state index in [0.29, 0.717) is 11.8 Å². The second-order valence-corrected chi connectivity index (χ2v) is 9.09. The van der Waals surface area contributed by atoms with Crippen molar-refractivity contribution in [2.24, 2.45) is 5.14 Å². The molecule has 0 aliphatic carbocycles. The molecule has 2 heterocycles. The highest BCUT2D eigenvalue weighted by atomic mass is 32.2. The minimum absolute atomic E-state index is 0.0320. The normalized spacial score (nSPS) is 27.3. The summed E-state index contributed by atoms with van der Waals surface area (Å²) in [6.45, 7) is 7.93. The lowest BCUT2D eigenvalue weighted by Crippen LogP contribution is -3.30. The van der Waals surface area contributed by atoms with Crippen LogP contribution in [0, 0.1) is 0 Å². The number of primary sulfonamides is 1. The maximum Gasteiger partial charge on any atom is 0.282 e. The van der Waals surface area contributed by atoms with Crippen LogP contribution in [0.1, 0.15) is 19.8 Å². The molecule has 1 amide bonds. The lowest BCUT2D eigenvalue weighted by molar-refractivity contribution is -1.02. The summed E-state index contributed by atoms with van der Waals surface area (Å²) in [6.07, 6.45) is 2.75. The first-order valence-corrected chi connectivity index (χ1v) is 11.1. The fourth-order valence-corrected chi connectivity index (χ4v) is 4.37. The highest BCUT2D eigenvalue weighted by molar-refractivity contribution is 7.89. The Hall–Kier alpha value is -1.52. The quantitative estimate of drug-likeness (QED) is 0.429. The van der Waals surface area contributed by atoms with E-state index >= 15 is 0 Å². The summed E-state index contributed by atoms with van der Waals surface area (Å²) < 4.78 is 28.3. The topological polar surface area (TPSA) is 107 Å². The molecule has 9 heteroatoms. The zero-order valence-electron chi connectivity index (χ0n) is 15.7. The molecule has 1 aromatic rings. The molecule has 5 N–H and O–H groups in total. The molecule has 2 fully saturated rings. The van der Waals surface area contributed by atoms with E-state index in [1.54, 1.807) is 17.0 Å². The molecule has 0 radical (unpaired) electrons. The second-order valence-electron chi connectivity index (χ2n) is 7.53. The van der Waals surface area contributed by atoms with Crippen molar-refractivity contribution < 1.29 is 27.7 Å². The van der Waals surface area contributed by atoms with Crippen LogP contribution in [-0.4, -0.2) is 65.8 Å². The van der Waals surface area contributed by atoms with Gasteiger partial charge in [-0.25, -0.2) is 13.6 Å². The van der Waals surface area contributed by atoms with Gasteiger partial charge in [0, 0.05) is 12.3 Å². The molecule has 1 aromatic carbocycles. The summed E-state index contributed by atoms with van der Waals surface area (Å²) >= 11 is 0. The van der Waals surface area contributed by atoms with Crippen molar-refractivity contribution in [3.05, 3.63) is 24.3 Å². The van der Waals surface area contributed by atoms with Crippen LogP contribution in [0.4, 0.5) is 5.69 Å². The average Bonchev–Trinajstić information content (AvgIpc) is 3.14. The highest BCUT2D eigenvalue weighted by Crippen LogP contribution is 2.12. The molecule has 8 nitrogen and oxygen atoms in total. The third-order valence-corrected chi connectivity index (χ3v) is 6.52. The lowest BCUT2D eigenvalue weighted by Gasteiger charge is -2.33. The van der Waals surface area contributed by atoms with Crippen molar-refractivity contribution in [3.8, 4) is 0 Å². The predicted molar refractivity (Wildman–Crippen MR) is 101 cm³/mol. The molecule has 27 heavy (non-hydrogen) atoms. The monoisotopic (exact) mass is 398 g/mol. The average molecular weight is 399 g/mol. The third kappa shape index (κ3) is 5.49. The summed E-state index contributed by atoms with van der Waals surface area (Å²) in [5.74, 6) is -0.0593. The van der Waals surface area contributed by atoms with Gasteiger partial charge in [-0.1, -0.05) is 0 Å². The van der Waals surface area contributed by atoms with E-state index < -0.39 is 10.0 Å². The van der Waals surface area contributed by atoms with E-state index in [-0.39, 0.29) is 16.8 Å². The van der Waals surface area contributed by atoms with Crippen molar-refractivity contribution in [3.63, 3.8) is 0 Å². The molecule has 2 atom stereocenters. The van der Waals surface area contributed by atoms with Crippen LogP contribution in [0.3, 0.4) is 0 Å². The van der Waals surface area contributed by atoms with E-state index in [2.05, 4.69) is 5.32 Å². The summed E-state index contributed by atoms with van der Waals surface area (Å²) in [5, 5.41) is 7.95. The van der Waals surface area contributed by atoms with Crippen LogP contribution in [-0.2, 0) is 19.6 Å². The number of carbonyl (C=O) groups excluding carboxylic acids is 1. The number of ether oxygens (including phenoxy) is 1. The molecule has 2 aliphatic rings. The molecule has 2 aliphatic heterocycles. The van der Waals surface area contributed by atoms with Gasteiger partial charge >= 0.3 is 0 Å². The number of rotatable bonds is 6. The van der Waals surface area contributed by atoms with Crippen LogP contribution in [0.5, 0.6) is 0 Å². The molecule has 0 unspecified atom stereocenters. The van der Waals surface area contributed by atoms with E-state index in [9.17, 15) is 13.2 Å². The minimum atomic E-state index is -3.72. The fraction of sp³-hybridized carbons (Fsp3) is 0.611. The number of amides is 1. The van der Waals surface area contributed by atoms with Gasteiger partial charge in [0.15, 0.2) is 6.04 Å². The Morgan fingerprint density at radius 2 is 1.93 bits per heavy atom. The van der Waals surface area contributed by atoms with Crippen molar-refractivity contribution >= 4 is 21.6 Å².